The topological polar surface area (TPSA) is 74.0 Å². The first-order chi connectivity index (χ1) is 11.5. The van der Waals surface area contributed by atoms with Gasteiger partial charge >= 0.3 is 5.97 Å². The second-order valence-corrected chi connectivity index (χ2v) is 7.31. The summed E-state index contributed by atoms with van der Waals surface area (Å²) in [4.78, 5) is 28.1. The average molecular weight is 334 g/mol. The summed E-state index contributed by atoms with van der Waals surface area (Å²) in [7, 11) is 0. The number of amides is 1. The zero-order chi connectivity index (χ0) is 17.3. The molecule has 0 bridgehead atoms. The minimum Gasteiger partial charge on any atom is -0.481 e. The van der Waals surface area contributed by atoms with E-state index >= 15 is 0 Å². The lowest BCUT2D eigenvalue weighted by molar-refractivity contribution is -0.142. The van der Waals surface area contributed by atoms with E-state index in [4.69, 9.17) is 4.42 Å². The number of carboxylic acid groups (broad SMARTS) is 1. The van der Waals surface area contributed by atoms with E-state index in [9.17, 15) is 14.7 Å². The third-order valence-corrected chi connectivity index (χ3v) is 5.28. The number of aliphatic carboxylic acids is 1. The smallest absolute Gasteiger partial charge is 0.308 e. The lowest BCUT2D eigenvalue weighted by Crippen LogP contribution is -2.29. The molecule has 132 valence electrons. The summed E-state index contributed by atoms with van der Waals surface area (Å²) in [6.45, 7) is 7.65. The van der Waals surface area contributed by atoms with Gasteiger partial charge < -0.3 is 14.4 Å². The molecule has 2 saturated heterocycles. The Bertz CT molecular complexity index is 604. The van der Waals surface area contributed by atoms with Crippen molar-refractivity contribution in [3.63, 3.8) is 0 Å². The van der Waals surface area contributed by atoms with Crippen LogP contribution < -0.4 is 0 Å². The summed E-state index contributed by atoms with van der Waals surface area (Å²) in [5, 5.41) is 9.40. The van der Waals surface area contributed by atoms with E-state index in [1.165, 1.54) is 12.8 Å². The minimum absolute atomic E-state index is 0.00881. The Morgan fingerprint density at radius 3 is 2.54 bits per heavy atom. The number of nitrogens with zero attached hydrogens (tertiary/aromatic N) is 2. The van der Waals surface area contributed by atoms with Gasteiger partial charge in [-0.3, -0.25) is 14.5 Å². The van der Waals surface area contributed by atoms with E-state index in [0.717, 1.165) is 25.4 Å². The maximum Gasteiger partial charge on any atom is 0.308 e. The van der Waals surface area contributed by atoms with Crippen LogP contribution in [-0.4, -0.2) is 53.0 Å². The largest absolute Gasteiger partial charge is 0.481 e. The van der Waals surface area contributed by atoms with E-state index in [0.29, 0.717) is 12.3 Å². The first-order valence-electron chi connectivity index (χ1n) is 8.79. The van der Waals surface area contributed by atoms with Crippen molar-refractivity contribution in [1.82, 2.24) is 9.80 Å². The molecule has 1 aromatic rings. The van der Waals surface area contributed by atoms with Gasteiger partial charge in [-0.15, -0.1) is 0 Å². The molecule has 0 saturated carbocycles. The van der Waals surface area contributed by atoms with Crippen LogP contribution in [0.15, 0.2) is 16.5 Å². The van der Waals surface area contributed by atoms with E-state index in [1.807, 2.05) is 19.9 Å². The Morgan fingerprint density at radius 1 is 1.25 bits per heavy atom. The Morgan fingerprint density at radius 2 is 1.96 bits per heavy atom. The maximum absolute atomic E-state index is 12.7. The molecular formula is C18H26N2O4. The van der Waals surface area contributed by atoms with Crippen molar-refractivity contribution in [2.75, 3.05) is 26.2 Å². The van der Waals surface area contributed by atoms with Gasteiger partial charge in [-0.1, -0.05) is 13.8 Å². The number of rotatable bonds is 5. The van der Waals surface area contributed by atoms with Crippen LogP contribution in [0.2, 0.25) is 0 Å². The molecule has 0 unspecified atom stereocenters. The number of carboxylic acids is 1. The van der Waals surface area contributed by atoms with Crippen LogP contribution in [0.3, 0.4) is 0 Å². The van der Waals surface area contributed by atoms with Crippen molar-refractivity contribution in [3.05, 3.63) is 23.7 Å². The van der Waals surface area contributed by atoms with Crippen molar-refractivity contribution in [2.45, 2.75) is 33.2 Å². The monoisotopic (exact) mass is 334 g/mol. The molecule has 6 nitrogen and oxygen atoms in total. The first kappa shape index (κ1) is 17.0. The minimum atomic E-state index is -0.821. The molecule has 0 radical (unpaired) electrons. The van der Waals surface area contributed by atoms with Crippen molar-refractivity contribution >= 4 is 11.9 Å². The molecule has 0 aliphatic carbocycles. The highest BCUT2D eigenvalue weighted by Gasteiger charge is 2.41. The average Bonchev–Trinajstić information content (AvgIpc) is 3.27. The lowest BCUT2D eigenvalue weighted by Gasteiger charge is -2.18. The van der Waals surface area contributed by atoms with Crippen LogP contribution in [0.25, 0.3) is 0 Å². The summed E-state index contributed by atoms with van der Waals surface area (Å²) in [5.41, 5.74) is 0. The van der Waals surface area contributed by atoms with Crippen LogP contribution in [0.4, 0.5) is 0 Å². The molecule has 6 heteroatoms. The number of likely N-dealkylation sites (tertiary alicyclic amines) is 2. The van der Waals surface area contributed by atoms with E-state index in [1.54, 1.807) is 11.0 Å². The number of furan rings is 1. The molecule has 1 aromatic heterocycles. The van der Waals surface area contributed by atoms with Crippen LogP contribution in [0, 0.1) is 17.8 Å². The summed E-state index contributed by atoms with van der Waals surface area (Å²) < 4.78 is 5.73. The van der Waals surface area contributed by atoms with Crippen molar-refractivity contribution in [2.24, 2.45) is 17.8 Å². The highest BCUT2D eigenvalue weighted by Crippen LogP contribution is 2.31. The number of carbonyl (C=O) groups excluding carboxylic acids is 1. The molecule has 2 atom stereocenters. The highest BCUT2D eigenvalue weighted by molar-refractivity contribution is 5.92. The Labute approximate surface area is 142 Å². The fourth-order valence-corrected chi connectivity index (χ4v) is 3.83. The Balaban J connectivity index is 1.66. The standard InChI is InChI=1S/C18H26N2O4/c1-12(2)14-10-20(11-15(14)18(22)23)17(21)16-6-5-13(24-16)9-19-7-3-4-8-19/h5-6,12,14-15H,3-4,7-11H2,1-2H3,(H,22,23)/t14-,15+/m0/s1. The number of carbonyl (C=O) groups is 2. The number of hydrogen-bond donors (Lipinski definition) is 1. The predicted octanol–water partition coefficient (Wildman–Crippen LogP) is 2.30. The second-order valence-electron chi connectivity index (χ2n) is 7.31. The quantitative estimate of drug-likeness (QED) is 0.894. The van der Waals surface area contributed by atoms with Gasteiger partial charge in [-0.2, -0.15) is 0 Å². The lowest BCUT2D eigenvalue weighted by atomic mass is 9.86. The second kappa shape index (κ2) is 6.97. The molecule has 1 N–H and O–H groups in total. The summed E-state index contributed by atoms with van der Waals surface area (Å²) >= 11 is 0. The van der Waals surface area contributed by atoms with Gasteiger partial charge in [0.2, 0.25) is 0 Å². The molecule has 2 aliphatic heterocycles. The van der Waals surface area contributed by atoms with Gasteiger partial charge in [0.1, 0.15) is 5.76 Å². The molecule has 3 rings (SSSR count). The van der Waals surface area contributed by atoms with Gasteiger partial charge in [0, 0.05) is 13.1 Å². The van der Waals surface area contributed by atoms with Crippen molar-refractivity contribution in [1.29, 1.82) is 0 Å². The SMILES string of the molecule is CC(C)[C@@H]1CN(C(=O)c2ccc(CN3CCCC3)o2)C[C@H]1C(=O)O. The fourth-order valence-electron chi connectivity index (χ4n) is 3.83. The Hall–Kier alpha value is -1.82. The zero-order valence-electron chi connectivity index (χ0n) is 14.4. The van der Waals surface area contributed by atoms with Crippen LogP contribution >= 0.6 is 0 Å². The summed E-state index contributed by atoms with van der Waals surface area (Å²) in [6.07, 6.45) is 2.43. The normalized spacial score (nSPS) is 24.9. The van der Waals surface area contributed by atoms with Crippen molar-refractivity contribution in [3.8, 4) is 0 Å². The van der Waals surface area contributed by atoms with Gasteiger partial charge in [0.05, 0.1) is 12.5 Å². The van der Waals surface area contributed by atoms with Gasteiger partial charge in [0.25, 0.3) is 5.91 Å². The molecular weight excluding hydrogens is 308 g/mol. The molecule has 0 spiro atoms. The summed E-state index contributed by atoms with van der Waals surface area (Å²) in [6, 6.07) is 3.57. The molecule has 2 fully saturated rings. The predicted molar refractivity (Wildman–Crippen MR) is 88.6 cm³/mol. The first-order valence-corrected chi connectivity index (χ1v) is 8.79. The third-order valence-electron chi connectivity index (χ3n) is 5.28. The molecule has 3 heterocycles. The highest BCUT2D eigenvalue weighted by atomic mass is 16.4. The van der Waals surface area contributed by atoms with Crippen LogP contribution in [0.1, 0.15) is 43.0 Å². The Kier molecular flexibility index (Phi) is 4.94. The van der Waals surface area contributed by atoms with Crippen LogP contribution in [-0.2, 0) is 11.3 Å². The fraction of sp³-hybridized carbons (Fsp3) is 0.667. The zero-order valence-corrected chi connectivity index (χ0v) is 14.4. The van der Waals surface area contributed by atoms with Gasteiger partial charge in [-0.25, -0.2) is 0 Å². The maximum atomic E-state index is 12.7. The molecule has 24 heavy (non-hydrogen) atoms. The number of hydrogen-bond acceptors (Lipinski definition) is 4. The molecule has 0 aromatic carbocycles. The van der Waals surface area contributed by atoms with Crippen molar-refractivity contribution < 1.29 is 19.1 Å². The third kappa shape index (κ3) is 3.48. The molecule has 1 amide bonds. The van der Waals surface area contributed by atoms with Gasteiger partial charge in [-0.05, 0) is 49.9 Å². The molecule has 2 aliphatic rings. The van der Waals surface area contributed by atoms with E-state index < -0.39 is 11.9 Å². The summed E-state index contributed by atoms with van der Waals surface area (Å²) in [5.74, 6) is -0.174. The van der Waals surface area contributed by atoms with E-state index in [-0.39, 0.29) is 24.3 Å². The van der Waals surface area contributed by atoms with E-state index in [2.05, 4.69) is 4.90 Å². The van der Waals surface area contributed by atoms with Gasteiger partial charge in [0.15, 0.2) is 5.76 Å². The van der Waals surface area contributed by atoms with Crippen LogP contribution in [0.5, 0.6) is 0 Å².